The Kier molecular flexibility index (Phi) is 9.21. The van der Waals surface area contributed by atoms with Crippen LogP contribution in [0.5, 0.6) is 0 Å². The highest BCUT2D eigenvalue weighted by atomic mass is 33.1. The van der Waals surface area contributed by atoms with Crippen molar-refractivity contribution >= 4 is 27.5 Å². The van der Waals surface area contributed by atoms with Gasteiger partial charge in [-0.25, -0.2) is 0 Å². The van der Waals surface area contributed by atoms with Gasteiger partial charge in [-0.2, -0.15) is 0 Å². The van der Waals surface area contributed by atoms with Crippen molar-refractivity contribution in [2.24, 2.45) is 52.1 Å². The minimum absolute atomic E-state index is 0.0868. The van der Waals surface area contributed by atoms with Gasteiger partial charge in [-0.15, -0.1) is 0 Å². The van der Waals surface area contributed by atoms with Gasteiger partial charge in [-0.3, -0.25) is 5.41 Å². The first kappa shape index (κ1) is 27.7. The van der Waals surface area contributed by atoms with Crippen molar-refractivity contribution in [3.63, 3.8) is 0 Å². The highest BCUT2D eigenvalue weighted by Crippen LogP contribution is 2.67. The van der Waals surface area contributed by atoms with Crippen LogP contribution in [0, 0.1) is 51.7 Å². The fraction of sp³-hybridized carbons (Fsp3) is 0.900. The molecule has 3 nitrogen and oxygen atoms in total. The first-order valence-electron chi connectivity index (χ1n) is 14.7. The van der Waals surface area contributed by atoms with Gasteiger partial charge in [0.25, 0.3) is 0 Å². The van der Waals surface area contributed by atoms with Crippen molar-refractivity contribution < 1.29 is 0 Å². The Bertz CT molecular complexity index is 767. The fourth-order valence-electron chi connectivity index (χ4n) is 9.11. The number of nitrogens with two attached hydrogens (primary N) is 1. The molecule has 0 aromatic rings. The molecule has 4 N–H and O–H groups in total. The smallest absolute Gasteiger partial charge is 0.185 e. The van der Waals surface area contributed by atoms with Crippen molar-refractivity contribution in [2.75, 3.05) is 12.3 Å². The van der Waals surface area contributed by atoms with Crippen LogP contribution in [-0.4, -0.2) is 23.5 Å². The lowest BCUT2D eigenvalue weighted by atomic mass is 9.47. The maximum absolute atomic E-state index is 7.29. The number of rotatable bonds is 10. The second-order valence-corrected chi connectivity index (χ2v) is 16.2. The average Bonchev–Trinajstić information content (AvgIpc) is 3.15. The summed E-state index contributed by atoms with van der Waals surface area (Å²) in [5, 5.41) is 11.0. The van der Waals surface area contributed by atoms with Gasteiger partial charge < -0.3 is 11.1 Å². The summed E-state index contributed by atoms with van der Waals surface area (Å²) < 4.78 is 0. The van der Waals surface area contributed by atoms with E-state index < -0.39 is 0 Å². The lowest BCUT2D eigenvalue weighted by Crippen LogP contribution is -2.50. The number of allylic oxidation sites excluding steroid dienone is 2. The Balaban J connectivity index is 1.36. The van der Waals surface area contributed by atoms with E-state index in [1.807, 2.05) is 16.4 Å². The van der Waals surface area contributed by atoms with Gasteiger partial charge in [0, 0.05) is 17.5 Å². The molecule has 200 valence electrons. The molecular formula is C30H53N3S2. The molecule has 0 radical (unpaired) electrons. The summed E-state index contributed by atoms with van der Waals surface area (Å²) in [6, 6.07) is 0. The second-order valence-electron chi connectivity index (χ2n) is 13.4. The van der Waals surface area contributed by atoms with Crippen LogP contribution in [0.1, 0.15) is 105 Å². The van der Waals surface area contributed by atoms with E-state index in [0.717, 1.165) is 53.1 Å². The lowest BCUT2D eigenvalue weighted by molar-refractivity contribution is -0.0497. The van der Waals surface area contributed by atoms with Crippen LogP contribution in [0.4, 0.5) is 0 Å². The van der Waals surface area contributed by atoms with Gasteiger partial charge in [0.1, 0.15) is 0 Å². The zero-order valence-corrected chi connectivity index (χ0v) is 24.8. The minimum Gasteiger partial charge on any atom is -0.370 e. The molecular weight excluding hydrogens is 466 g/mol. The maximum Gasteiger partial charge on any atom is 0.185 e. The SMILES string of the molecule is CC(C)CCCC(C)C1CCC2C3CC=C4C[C@@H](SSCCNC(=N)N)CC[C@]4(C)C3CC[C@]12C. The van der Waals surface area contributed by atoms with Gasteiger partial charge in [0.15, 0.2) is 5.96 Å². The molecule has 3 saturated carbocycles. The van der Waals surface area contributed by atoms with Gasteiger partial charge in [-0.05, 0) is 97.7 Å². The molecule has 0 saturated heterocycles. The average molecular weight is 520 g/mol. The summed E-state index contributed by atoms with van der Waals surface area (Å²) in [7, 11) is 4.04. The van der Waals surface area contributed by atoms with Gasteiger partial charge in [0.05, 0.1) is 0 Å². The largest absolute Gasteiger partial charge is 0.370 e. The van der Waals surface area contributed by atoms with Crippen LogP contribution in [0.25, 0.3) is 0 Å². The molecule has 5 heteroatoms. The first-order chi connectivity index (χ1) is 16.6. The van der Waals surface area contributed by atoms with E-state index in [1.165, 1.54) is 70.6 Å². The van der Waals surface area contributed by atoms with Crippen LogP contribution >= 0.6 is 21.6 Å². The topological polar surface area (TPSA) is 61.9 Å². The number of hydrogen-bond acceptors (Lipinski definition) is 3. The van der Waals surface area contributed by atoms with Crippen molar-refractivity contribution in [3.8, 4) is 0 Å². The first-order valence-corrected chi connectivity index (χ1v) is 17.1. The van der Waals surface area contributed by atoms with Crippen molar-refractivity contribution in [3.05, 3.63) is 11.6 Å². The molecule has 4 aliphatic rings. The molecule has 8 atom stereocenters. The van der Waals surface area contributed by atoms with Crippen molar-refractivity contribution in [1.29, 1.82) is 5.41 Å². The van der Waals surface area contributed by atoms with E-state index in [4.69, 9.17) is 11.1 Å². The number of nitrogens with one attached hydrogen (secondary N) is 2. The van der Waals surface area contributed by atoms with E-state index in [9.17, 15) is 0 Å². The zero-order chi connectivity index (χ0) is 25.2. The molecule has 4 aliphatic carbocycles. The Hall–Kier alpha value is -0.290. The number of hydrogen-bond donors (Lipinski definition) is 3. The molecule has 0 heterocycles. The van der Waals surface area contributed by atoms with E-state index in [1.54, 1.807) is 0 Å². The molecule has 0 bridgehead atoms. The van der Waals surface area contributed by atoms with Crippen molar-refractivity contribution in [1.82, 2.24) is 5.32 Å². The summed E-state index contributed by atoms with van der Waals surface area (Å²) >= 11 is 0. The summed E-state index contributed by atoms with van der Waals surface area (Å²) in [5.41, 5.74) is 8.27. The Labute approximate surface area is 224 Å². The summed E-state index contributed by atoms with van der Waals surface area (Å²) in [4.78, 5) is 0. The molecule has 0 aromatic carbocycles. The summed E-state index contributed by atoms with van der Waals surface area (Å²) in [6.45, 7) is 13.5. The predicted molar refractivity (Wildman–Crippen MR) is 157 cm³/mol. The predicted octanol–water partition coefficient (Wildman–Crippen LogP) is 8.26. The molecule has 4 rings (SSSR count). The standard InChI is InChI=1S/C30H53N3S2/c1-20(2)7-6-8-21(3)25-11-12-26-24-10-9-22-19-23(35-34-18-17-33-28(31)32)13-15-29(22,4)27(24)14-16-30(25,26)5/h9,20-21,23-27H,6-8,10-19H2,1-5H3,(H4,31,32,33)/t21?,23-,24?,25?,26?,27?,29-,30+/m0/s1. The lowest BCUT2D eigenvalue weighted by Gasteiger charge is -2.58. The summed E-state index contributed by atoms with van der Waals surface area (Å²) in [5.74, 6) is 6.64. The monoisotopic (exact) mass is 519 g/mol. The van der Waals surface area contributed by atoms with Crippen LogP contribution < -0.4 is 11.1 Å². The molecule has 5 unspecified atom stereocenters. The molecule has 35 heavy (non-hydrogen) atoms. The molecule has 0 amide bonds. The normalized spacial score (nSPS) is 39.4. The van der Waals surface area contributed by atoms with Crippen LogP contribution in [-0.2, 0) is 0 Å². The molecule has 0 spiro atoms. The van der Waals surface area contributed by atoms with Crippen LogP contribution in [0.3, 0.4) is 0 Å². The van der Waals surface area contributed by atoms with Crippen LogP contribution in [0.2, 0.25) is 0 Å². The highest BCUT2D eigenvalue weighted by molar-refractivity contribution is 8.76. The van der Waals surface area contributed by atoms with Crippen LogP contribution in [0.15, 0.2) is 11.6 Å². The highest BCUT2D eigenvalue weighted by Gasteiger charge is 2.59. The third-order valence-corrected chi connectivity index (χ3v) is 13.9. The third kappa shape index (κ3) is 5.91. The zero-order valence-electron chi connectivity index (χ0n) is 23.2. The van der Waals surface area contributed by atoms with E-state index in [-0.39, 0.29) is 5.96 Å². The second kappa shape index (κ2) is 11.6. The van der Waals surface area contributed by atoms with Gasteiger partial charge in [-0.1, -0.05) is 87.1 Å². The molecule has 3 fully saturated rings. The van der Waals surface area contributed by atoms with Crippen molar-refractivity contribution in [2.45, 2.75) is 110 Å². The molecule has 0 aliphatic heterocycles. The Morgan fingerprint density at radius 1 is 1.11 bits per heavy atom. The van der Waals surface area contributed by atoms with E-state index in [0.29, 0.717) is 10.8 Å². The summed E-state index contributed by atoms with van der Waals surface area (Å²) in [6.07, 6.45) is 18.4. The van der Waals surface area contributed by atoms with Gasteiger partial charge in [0.2, 0.25) is 0 Å². The van der Waals surface area contributed by atoms with E-state index in [2.05, 4.69) is 56.8 Å². The maximum atomic E-state index is 7.29. The fourth-order valence-corrected chi connectivity index (χ4v) is 11.7. The number of guanidine groups is 1. The third-order valence-electron chi connectivity index (χ3n) is 11.0. The van der Waals surface area contributed by atoms with Gasteiger partial charge >= 0.3 is 0 Å². The number of fused-ring (bicyclic) bond motifs is 5. The Morgan fingerprint density at radius 3 is 2.66 bits per heavy atom. The van der Waals surface area contributed by atoms with E-state index >= 15 is 0 Å². The quantitative estimate of drug-likeness (QED) is 0.0893. The Morgan fingerprint density at radius 2 is 1.91 bits per heavy atom. The minimum atomic E-state index is 0.0868. The molecule has 0 aromatic heterocycles.